The van der Waals surface area contributed by atoms with E-state index in [4.69, 9.17) is 9.84 Å². The maximum atomic E-state index is 8.86. The van der Waals surface area contributed by atoms with Gasteiger partial charge in [0.2, 0.25) is 5.88 Å². The van der Waals surface area contributed by atoms with Gasteiger partial charge in [-0.2, -0.15) is 0 Å². The molecular weight excluding hydrogens is 216 g/mol. The van der Waals surface area contributed by atoms with Crippen molar-refractivity contribution in [2.45, 2.75) is 20.5 Å². The number of nitrogens with zero attached hydrogens (tertiary/aromatic N) is 2. The van der Waals surface area contributed by atoms with Crippen LogP contribution in [0.15, 0.2) is 30.3 Å². The predicted molar refractivity (Wildman–Crippen MR) is 63.9 cm³/mol. The number of hydrogen-bond donors (Lipinski definition) is 1. The van der Waals surface area contributed by atoms with Gasteiger partial charge in [-0.05, 0) is 37.1 Å². The Balaban J connectivity index is 2.22. The summed E-state index contributed by atoms with van der Waals surface area (Å²) in [5.41, 5.74) is 2.78. The van der Waals surface area contributed by atoms with Crippen molar-refractivity contribution in [3.8, 4) is 11.6 Å². The topological polar surface area (TPSA) is 55.2 Å². The van der Waals surface area contributed by atoms with E-state index in [0.29, 0.717) is 11.6 Å². The Bertz CT molecular complexity index is 509. The Labute approximate surface area is 99.9 Å². The summed E-state index contributed by atoms with van der Waals surface area (Å²) in [5, 5.41) is 16.6. The van der Waals surface area contributed by atoms with E-state index in [-0.39, 0.29) is 6.61 Å². The fourth-order valence-corrected chi connectivity index (χ4v) is 1.43. The van der Waals surface area contributed by atoms with Gasteiger partial charge in [0.1, 0.15) is 5.75 Å². The molecule has 2 aromatic rings. The van der Waals surface area contributed by atoms with Crippen molar-refractivity contribution in [2.24, 2.45) is 0 Å². The zero-order valence-electron chi connectivity index (χ0n) is 9.84. The number of benzene rings is 1. The van der Waals surface area contributed by atoms with Crippen molar-refractivity contribution < 1.29 is 9.84 Å². The average molecular weight is 230 g/mol. The fourth-order valence-electron chi connectivity index (χ4n) is 1.43. The Kier molecular flexibility index (Phi) is 3.35. The lowest BCUT2D eigenvalue weighted by Crippen LogP contribution is -1.96. The molecule has 0 atom stereocenters. The summed E-state index contributed by atoms with van der Waals surface area (Å²) in [6, 6.07) is 9.24. The molecule has 0 bridgehead atoms. The number of rotatable bonds is 3. The molecule has 1 N–H and O–H groups in total. The molecule has 2 rings (SSSR count). The molecule has 4 heteroatoms. The minimum atomic E-state index is -0.114. The minimum Gasteiger partial charge on any atom is -0.437 e. The van der Waals surface area contributed by atoms with Crippen molar-refractivity contribution in [3.63, 3.8) is 0 Å². The highest BCUT2D eigenvalue weighted by atomic mass is 16.5. The maximum Gasteiger partial charge on any atom is 0.238 e. The van der Waals surface area contributed by atoms with Gasteiger partial charge in [0, 0.05) is 6.07 Å². The molecule has 17 heavy (non-hydrogen) atoms. The van der Waals surface area contributed by atoms with Crippen LogP contribution in [0.1, 0.15) is 16.8 Å². The van der Waals surface area contributed by atoms with Crippen molar-refractivity contribution in [1.29, 1.82) is 0 Å². The summed E-state index contributed by atoms with van der Waals surface area (Å²) < 4.78 is 5.63. The highest BCUT2D eigenvalue weighted by Crippen LogP contribution is 2.25. The molecule has 0 aliphatic heterocycles. The van der Waals surface area contributed by atoms with Gasteiger partial charge in [-0.15, -0.1) is 10.2 Å². The van der Waals surface area contributed by atoms with Crippen LogP contribution >= 0.6 is 0 Å². The third-order valence-corrected chi connectivity index (χ3v) is 2.63. The van der Waals surface area contributed by atoms with E-state index in [2.05, 4.69) is 10.2 Å². The number of aryl methyl sites for hydroxylation is 1. The number of aliphatic hydroxyl groups excluding tert-OH is 1. The van der Waals surface area contributed by atoms with E-state index in [1.807, 2.05) is 32.0 Å². The van der Waals surface area contributed by atoms with Crippen LogP contribution in [0.4, 0.5) is 0 Å². The van der Waals surface area contributed by atoms with Gasteiger partial charge >= 0.3 is 0 Å². The Hall–Kier alpha value is -1.94. The van der Waals surface area contributed by atoms with Gasteiger partial charge in [0.15, 0.2) is 0 Å². The molecule has 1 aromatic heterocycles. The van der Waals surface area contributed by atoms with E-state index >= 15 is 0 Å². The van der Waals surface area contributed by atoms with Crippen molar-refractivity contribution in [2.75, 3.05) is 0 Å². The Morgan fingerprint density at radius 1 is 1.12 bits per heavy atom. The first-order valence-corrected chi connectivity index (χ1v) is 5.38. The highest BCUT2D eigenvalue weighted by Gasteiger charge is 2.04. The zero-order chi connectivity index (χ0) is 12.3. The number of aromatic nitrogens is 2. The summed E-state index contributed by atoms with van der Waals surface area (Å²) in [5.74, 6) is 1.20. The Morgan fingerprint density at radius 2 is 1.94 bits per heavy atom. The molecular formula is C13H14N2O2. The summed E-state index contributed by atoms with van der Waals surface area (Å²) >= 11 is 0. The SMILES string of the molecule is Cc1cccc(Oc2ccc(CO)nn2)c1C. The first kappa shape index (κ1) is 11.5. The van der Waals surface area contributed by atoms with Gasteiger partial charge in [0.05, 0.1) is 12.3 Å². The van der Waals surface area contributed by atoms with Crippen LogP contribution in [-0.2, 0) is 6.61 Å². The summed E-state index contributed by atoms with van der Waals surface area (Å²) in [4.78, 5) is 0. The van der Waals surface area contributed by atoms with Crippen molar-refractivity contribution in [1.82, 2.24) is 10.2 Å². The molecule has 0 saturated carbocycles. The van der Waals surface area contributed by atoms with E-state index in [1.54, 1.807) is 12.1 Å². The molecule has 0 saturated heterocycles. The van der Waals surface area contributed by atoms with Crippen LogP contribution in [0.2, 0.25) is 0 Å². The average Bonchev–Trinajstić information content (AvgIpc) is 2.36. The standard InChI is InChI=1S/C13H14N2O2/c1-9-4-3-5-12(10(9)2)17-13-7-6-11(8-16)14-15-13/h3-7,16H,8H2,1-2H3. The first-order valence-electron chi connectivity index (χ1n) is 5.38. The third kappa shape index (κ3) is 2.60. The van der Waals surface area contributed by atoms with Gasteiger partial charge < -0.3 is 9.84 Å². The maximum absolute atomic E-state index is 8.86. The van der Waals surface area contributed by atoms with Gasteiger partial charge in [-0.1, -0.05) is 12.1 Å². The normalized spacial score (nSPS) is 10.3. The smallest absolute Gasteiger partial charge is 0.238 e. The van der Waals surface area contributed by atoms with E-state index in [0.717, 1.165) is 11.3 Å². The number of ether oxygens (including phenoxy) is 1. The van der Waals surface area contributed by atoms with Crippen LogP contribution < -0.4 is 4.74 Å². The van der Waals surface area contributed by atoms with Gasteiger partial charge in [-0.3, -0.25) is 0 Å². The van der Waals surface area contributed by atoms with Crippen molar-refractivity contribution in [3.05, 3.63) is 47.2 Å². The quantitative estimate of drug-likeness (QED) is 0.879. The Morgan fingerprint density at radius 3 is 2.59 bits per heavy atom. The van der Waals surface area contributed by atoms with E-state index in [1.165, 1.54) is 5.56 Å². The van der Waals surface area contributed by atoms with Crippen LogP contribution in [0.3, 0.4) is 0 Å². The lowest BCUT2D eigenvalue weighted by molar-refractivity contribution is 0.274. The lowest BCUT2D eigenvalue weighted by atomic mass is 10.1. The van der Waals surface area contributed by atoms with Gasteiger partial charge in [0.25, 0.3) is 0 Å². The first-order chi connectivity index (χ1) is 8.20. The zero-order valence-corrected chi connectivity index (χ0v) is 9.84. The lowest BCUT2D eigenvalue weighted by Gasteiger charge is -2.09. The predicted octanol–water partition coefficient (Wildman–Crippen LogP) is 2.38. The minimum absolute atomic E-state index is 0.114. The molecule has 0 aliphatic carbocycles. The van der Waals surface area contributed by atoms with Crippen LogP contribution in [0.25, 0.3) is 0 Å². The molecule has 0 amide bonds. The molecule has 4 nitrogen and oxygen atoms in total. The molecule has 0 radical (unpaired) electrons. The third-order valence-electron chi connectivity index (χ3n) is 2.63. The van der Waals surface area contributed by atoms with E-state index < -0.39 is 0 Å². The molecule has 1 heterocycles. The van der Waals surface area contributed by atoms with Crippen LogP contribution in [0.5, 0.6) is 11.6 Å². The number of aliphatic hydroxyl groups is 1. The molecule has 0 spiro atoms. The summed E-state index contributed by atoms with van der Waals surface area (Å²) in [6.45, 7) is 3.92. The van der Waals surface area contributed by atoms with Gasteiger partial charge in [-0.25, -0.2) is 0 Å². The largest absolute Gasteiger partial charge is 0.437 e. The molecule has 1 aromatic carbocycles. The summed E-state index contributed by atoms with van der Waals surface area (Å²) in [6.07, 6.45) is 0. The van der Waals surface area contributed by atoms with Crippen LogP contribution in [0, 0.1) is 13.8 Å². The highest BCUT2D eigenvalue weighted by molar-refractivity contribution is 5.40. The summed E-state index contributed by atoms with van der Waals surface area (Å²) in [7, 11) is 0. The monoisotopic (exact) mass is 230 g/mol. The van der Waals surface area contributed by atoms with Crippen molar-refractivity contribution >= 4 is 0 Å². The van der Waals surface area contributed by atoms with Crippen LogP contribution in [-0.4, -0.2) is 15.3 Å². The van der Waals surface area contributed by atoms with E-state index in [9.17, 15) is 0 Å². The molecule has 0 aliphatic rings. The second-order valence-corrected chi connectivity index (χ2v) is 3.82. The molecule has 0 unspecified atom stereocenters. The second-order valence-electron chi connectivity index (χ2n) is 3.82. The second kappa shape index (κ2) is 4.93. The molecule has 0 fully saturated rings. The molecule has 88 valence electrons. The number of hydrogen-bond acceptors (Lipinski definition) is 4. The fraction of sp³-hybridized carbons (Fsp3) is 0.231.